The Hall–Kier alpha value is -2.17. The zero-order valence-electron chi connectivity index (χ0n) is 15.6. The Morgan fingerprint density at radius 3 is 2.33 bits per heavy atom. The summed E-state index contributed by atoms with van der Waals surface area (Å²) in [6.45, 7) is 3.09. The number of carbonyl (C=O) groups is 2. The van der Waals surface area contributed by atoms with Crippen LogP contribution < -0.4 is 10.6 Å². The summed E-state index contributed by atoms with van der Waals surface area (Å²) in [7, 11) is 0. The molecule has 2 N–H and O–H groups in total. The number of Topliss-reactive ketones (excluding diaryl/α,β-unsaturated/α-hetero) is 1. The molecule has 5 heteroatoms. The van der Waals surface area contributed by atoms with Crippen LogP contribution in [0.1, 0.15) is 43.0 Å². The van der Waals surface area contributed by atoms with Crippen LogP contribution in [0.25, 0.3) is 11.1 Å². The van der Waals surface area contributed by atoms with Gasteiger partial charge in [-0.1, -0.05) is 54.6 Å². The maximum absolute atomic E-state index is 12.4. The van der Waals surface area contributed by atoms with Gasteiger partial charge < -0.3 is 10.6 Å². The van der Waals surface area contributed by atoms with Gasteiger partial charge in [-0.2, -0.15) is 0 Å². The molecule has 0 aliphatic carbocycles. The van der Waals surface area contributed by atoms with Gasteiger partial charge in [-0.25, -0.2) is 0 Å². The van der Waals surface area contributed by atoms with E-state index >= 15 is 0 Å². The fourth-order valence-electron chi connectivity index (χ4n) is 3.37. The van der Waals surface area contributed by atoms with Crippen LogP contribution in [-0.2, 0) is 4.79 Å². The second-order valence-corrected chi connectivity index (χ2v) is 6.93. The number of hydrogen-bond donors (Lipinski definition) is 2. The molecule has 1 aliphatic rings. The minimum absolute atomic E-state index is 0. The standard InChI is InChI=1S/C22H26N2O2.ClH/c1-16-20(8-5-15-23-16)24-22(26)14-13-21(25)19-11-9-18(10-12-19)17-6-3-2-4-7-17;/h2-4,6-7,9-12,16,20,23H,5,8,13-15H2,1H3,(H,24,26);1H. The number of amides is 1. The smallest absolute Gasteiger partial charge is 0.220 e. The first-order valence-electron chi connectivity index (χ1n) is 9.35. The van der Waals surface area contributed by atoms with E-state index in [-0.39, 0.29) is 49.0 Å². The van der Waals surface area contributed by atoms with Crippen LogP contribution in [0.5, 0.6) is 0 Å². The van der Waals surface area contributed by atoms with E-state index in [4.69, 9.17) is 0 Å². The third-order valence-electron chi connectivity index (χ3n) is 5.00. The van der Waals surface area contributed by atoms with Gasteiger partial charge in [-0.3, -0.25) is 9.59 Å². The van der Waals surface area contributed by atoms with Crippen molar-refractivity contribution in [3.63, 3.8) is 0 Å². The number of halogens is 1. The highest BCUT2D eigenvalue weighted by atomic mass is 35.5. The summed E-state index contributed by atoms with van der Waals surface area (Å²) < 4.78 is 0. The maximum Gasteiger partial charge on any atom is 0.220 e. The summed E-state index contributed by atoms with van der Waals surface area (Å²) in [5.74, 6) is -0.0330. The Morgan fingerprint density at radius 1 is 1.00 bits per heavy atom. The molecule has 4 nitrogen and oxygen atoms in total. The zero-order valence-corrected chi connectivity index (χ0v) is 16.4. The van der Waals surface area contributed by atoms with Gasteiger partial charge >= 0.3 is 0 Å². The van der Waals surface area contributed by atoms with Crippen molar-refractivity contribution in [3.8, 4) is 11.1 Å². The second-order valence-electron chi connectivity index (χ2n) is 6.93. The third kappa shape index (κ3) is 5.91. The summed E-state index contributed by atoms with van der Waals surface area (Å²) in [6.07, 6.45) is 2.55. The molecular formula is C22H27ClN2O2. The number of carbonyl (C=O) groups excluding carboxylic acids is 2. The minimum atomic E-state index is -0.0418. The van der Waals surface area contributed by atoms with E-state index in [2.05, 4.69) is 17.6 Å². The molecule has 2 aromatic rings. The van der Waals surface area contributed by atoms with Crippen LogP contribution in [0.3, 0.4) is 0 Å². The van der Waals surface area contributed by atoms with E-state index in [1.54, 1.807) is 0 Å². The number of ketones is 1. The lowest BCUT2D eigenvalue weighted by Gasteiger charge is -2.30. The Balaban J connectivity index is 0.00000261. The summed E-state index contributed by atoms with van der Waals surface area (Å²) in [5, 5.41) is 6.42. The van der Waals surface area contributed by atoms with Crippen molar-refractivity contribution < 1.29 is 9.59 Å². The largest absolute Gasteiger partial charge is 0.352 e. The number of rotatable bonds is 6. The number of nitrogens with one attached hydrogen (secondary N) is 2. The minimum Gasteiger partial charge on any atom is -0.352 e. The van der Waals surface area contributed by atoms with Gasteiger partial charge in [0.05, 0.1) is 0 Å². The van der Waals surface area contributed by atoms with Gasteiger partial charge in [0.2, 0.25) is 5.91 Å². The molecule has 27 heavy (non-hydrogen) atoms. The quantitative estimate of drug-likeness (QED) is 0.738. The number of benzene rings is 2. The zero-order chi connectivity index (χ0) is 18.4. The summed E-state index contributed by atoms with van der Waals surface area (Å²) in [4.78, 5) is 24.5. The van der Waals surface area contributed by atoms with E-state index in [0.29, 0.717) is 5.56 Å². The van der Waals surface area contributed by atoms with Crippen molar-refractivity contribution in [2.75, 3.05) is 6.54 Å². The van der Waals surface area contributed by atoms with Crippen LogP contribution in [-0.4, -0.2) is 30.3 Å². The average molecular weight is 387 g/mol. The van der Waals surface area contributed by atoms with Crippen molar-refractivity contribution in [1.29, 1.82) is 0 Å². The van der Waals surface area contributed by atoms with E-state index in [1.165, 1.54) is 0 Å². The molecule has 0 saturated carbocycles. The second kappa shape index (κ2) is 10.2. The van der Waals surface area contributed by atoms with Crippen LogP contribution in [0.15, 0.2) is 54.6 Å². The molecule has 0 aromatic heterocycles. The summed E-state index contributed by atoms with van der Waals surface area (Å²) in [6, 6.07) is 18.1. The number of hydrogen-bond acceptors (Lipinski definition) is 3. The average Bonchev–Trinajstić information content (AvgIpc) is 2.69. The molecule has 1 aliphatic heterocycles. The van der Waals surface area contributed by atoms with Crippen LogP contribution in [0.4, 0.5) is 0 Å². The summed E-state index contributed by atoms with van der Waals surface area (Å²) in [5.41, 5.74) is 2.87. The highest BCUT2D eigenvalue weighted by molar-refractivity contribution is 5.98. The van der Waals surface area contributed by atoms with Gasteiger partial charge in [0, 0.05) is 30.5 Å². The molecule has 2 atom stereocenters. The first-order chi connectivity index (χ1) is 12.6. The first kappa shape index (κ1) is 21.1. The monoisotopic (exact) mass is 386 g/mol. The van der Waals surface area contributed by atoms with E-state index in [1.807, 2.05) is 54.6 Å². The van der Waals surface area contributed by atoms with Crippen molar-refractivity contribution in [1.82, 2.24) is 10.6 Å². The molecule has 1 amide bonds. The lowest BCUT2D eigenvalue weighted by Crippen LogP contribution is -2.51. The van der Waals surface area contributed by atoms with Crippen molar-refractivity contribution in [2.45, 2.75) is 44.7 Å². The molecule has 0 spiro atoms. The van der Waals surface area contributed by atoms with E-state index < -0.39 is 0 Å². The summed E-state index contributed by atoms with van der Waals surface area (Å²) >= 11 is 0. The van der Waals surface area contributed by atoms with E-state index in [9.17, 15) is 9.59 Å². The van der Waals surface area contributed by atoms with Crippen molar-refractivity contribution in [3.05, 3.63) is 60.2 Å². The molecule has 2 unspecified atom stereocenters. The Bertz CT molecular complexity index is 747. The lowest BCUT2D eigenvalue weighted by atomic mass is 9.99. The molecular weight excluding hydrogens is 360 g/mol. The Labute approximate surface area is 167 Å². The van der Waals surface area contributed by atoms with Gasteiger partial charge in [-0.05, 0) is 37.4 Å². The lowest BCUT2D eigenvalue weighted by molar-refractivity contribution is -0.122. The van der Waals surface area contributed by atoms with Crippen LogP contribution >= 0.6 is 12.4 Å². The van der Waals surface area contributed by atoms with Gasteiger partial charge in [0.1, 0.15) is 0 Å². The fraction of sp³-hybridized carbons (Fsp3) is 0.364. The highest BCUT2D eigenvalue weighted by Gasteiger charge is 2.22. The topological polar surface area (TPSA) is 58.2 Å². The van der Waals surface area contributed by atoms with Gasteiger partial charge in [-0.15, -0.1) is 12.4 Å². The molecule has 1 fully saturated rings. The Kier molecular flexibility index (Phi) is 8.01. The predicted molar refractivity (Wildman–Crippen MR) is 111 cm³/mol. The van der Waals surface area contributed by atoms with E-state index in [0.717, 1.165) is 30.5 Å². The maximum atomic E-state index is 12.4. The molecule has 144 valence electrons. The predicted octanol–water partition coefficient (Wildman–Crippen LogP) is 4.00. The SMILES string of the molecule is CC1NCCCC1NC(=O)CCC(=O)c1ccc(-c2ccccc2)cc1.Cl. The van der Waals surface area contributed by atoms with Crippen molar-refractivity contribution in [2.24, 2.45) is 0 Å². The van der Waals surface area contributed by atoms with Crippen LogP contribution in [0, 0.1) is 0 Å². The van der Waals surface area contributed by atoms with Crippen molar-refractivity contribution >= 4 is 24.1 Å². The normalized spacial score (nSPS) is 19.0. The Morgan fingerprint density at radius 2 is 1.67 bits per heavy atom. The first-order valence-corrected chi connectivity index (χ1v) is 9.35. The van der Waals surface area contributed by atoms with Crippen LogP contribution in [0.2, 0.25) is 0 Å². The van der Waals surface area contributed by atoms with Gasteiger partial charge in [0.15, 0.2) is 5.78 Å². The molecule has 1 saturated heterocycles. The molecule has 1 heterocycles. The fourth-order valence-corrected chi connectivity index (χ4v) is 3.37. The molecule has 2 aromatic carbocycles. The number of piperidine rings is 1. The highest BCUT2D eigenvalue weighted by Crippen LogP contribution is 2.20. The molecule has 3 rings (SSSR count). The third-order valence-corrected chi connectivity index (χ3v) is 5.00. The molecule has 0 radical (unpaired) electrons. The molecule has 0 bridgehead atoms. The van der Waals surface area contributed by atoms with Gasteiger partial charge in [0.25, 0.3) is 0 Å².